The van der Waals surface area contributed by atoms with Crippen LogP contribution in [-0.4, -0.2) is 50.6 Å². The van der Waals surface area contributed by atoms with Gasteiger partial charge in [0.15, 0.2) is 5.82 Å². The second-order valence-electron chi connectivity index (χ2n) is 7.44. The van der Waals surface area contributed by atoms with Crippen molar-refractivity contribution < 1.29 is 4.79 Å². The Morgan fingerprint density at radius 1 is 1.07 bits per heavy atom. The zero-order valence-electron chi connectivity index (χ0n) is 16.4. The molecule has 1 unspecified atom stereocenters. The summed E-state index contributed by atoms with van der Waals surface area (Å²) >= 11 is 0. The Bertz CT molecular complexity index is 911. The summed E-state index contributed by atoms with van der Waals surface area (Å²) in [5.74, 6) is 1.03. The fraction of sp³-hybridized carbons (Fsp3) is 0.364. The van der Waals surface area contributed by atoms with E-state index in [9.17, 15) is 4.79 Å². The Hall–Kier alpha value is -3.06. The summed E-state index contributed by atoms with van der Waals surface area (Å²) in [6, 6.07) is 19.6. The molecule has 0 bridgehead atoms. The smallest absolute Gasteiger partial charge is 0.228 e. The minimum Gasteiger partial charge on any atom is -0.326 e. The Kier molecular flexibility index (Phi) is 6.26. The van der Waals surface area contributed by atoms with Gasteiger partial charge in [0.25, 0.3) is 0 Å². The zero-order valence-corrected chi connectivity index (χ0v) is 16.4. The third-order valence-electron chi connectivity index (χ3n) is 5.33. The molecule has 1 saturated heterocycles. The monoisotopic (exact) mass is 390 g/mol. The molecular formula is C22H26N6O. The van der Waals surface area contributed by atoms with Crippen LogP contribution in [0.1, 0.15) is 25.1 Å². The highest BCUT2D eigenvalue weighted by molar-refractivity contribution is 5.92. The average molecular weight is 390 g/mol. The number of carbonyl (C=O) groups is 1. The number of nitrogens with zero attached hydrogens (tertiary/aromatic N) is 5. The van der Waals surface area contributed by atoms with Crippen LogP contribution < -0.4 is 5.32 Å². The van der Waals surface area contributed by atoms with E-state index in [1.165, 1.54) is 0 Å². The van der Waals surface area contributed by atoms with Crippen LogP contribution in [0.5, 0.6) is 0 Å². The molecule has 1 atom stereocenters. The molecule has 2 heterocycles. The minimum atomic E-state index is 0.0404. The Balaban J connectivity index is 1.27. The highest BCUT2D eigenvalue weighted by atomic mass is 16.1. The number of nitrogens with one attached hydrogen (secondary N) is 1. The van der Waals surface area contributed by atoms with Crippen molar-refractivity contribution in [3.8, 4) is 5.69 Å². The number of piperidine rings is 1. The number of benzene rings is 2. The fourth-order valence-corrected chi connectivity index (χ4v) is 3.83. The number of amides is 1. The summed E-state index contributed by atoms with van der Waals surface area (Å²) in [5.41, 5.74) is 1.84. The molecule has 7 nitrogen and oxygen atoms in total. The van der Waals surface area contributed by atoms with Gasteiger partial charge in [-0.1, -0.05) is 36.4 Å². The summed E-state index contributed by atoms with van der Waals surface area (Å²) < 4.78 is 1.80. The van der Waals surface area contributed by atoms with Crippen LogP contribution in [0.2, 0.25) is 0 Å². The molecule has 29 heavy (non-hydrogen) atoms. The lowest BCUT2D eigenvalue weighted by Crippen LogP contribution is -2.41. The highest BCUT2D eigenvalue weighted by Gasteiger charge is 2.25. The number of aryl methyl sites for hydroxylation is 1. The Morgan fingerprint density at radius 2 is 1.83 bits per heavy atom. The maximum atomic E-state index is 12.6. The van der Waals surface area contributed by atoms with Crippen LogP contribution in [0.3, 0.4) is 0 Å². The highest BCUT2D eigenvalue weighted by Crippen LogP contribution is 2.19. The maximum Gasteiger partial charge on any atom is 0.228 e. The number of para-hydroxylation sites is 2. The average Bonchev–Trinajstić information content (AvgIpc) is 3.24. The van der Waals surface area contributed by atoms with E-state index in [4.69, 9.17) is 0 Å². The Morgan fingerprint density at radius 3 is 2.62 bits per heavy atom. The summed E-state index contributed by atoms with van der Waals surface area (Å²) in [6.07, 6.45) is 3.76. The number of likely N-dealkylation sites (tertiary alicyclic amines) is 1. The minimum absolute atomic E-state index is 0.0404. The van der Waals surface area contributed by atoms with Gasteiger partial charge in [-0.2, -0.15) is 4.68 Å². The van der Waals surface area contributed by atoms with Gasteiger partial charge in [-0.3, -0.25) is 4.79 Å². The molecule has 7 heteroatoms. The van der Waals surface area contributed by atoms with Crippen LogP contribution in [-0.2, 0) is 11.2 Å². The van der Waals surface area contributed by atoms with E-state index in [0.717, 1.165) is 62.5 Å². The molecule has 0 spiro atoms. The molecule has 1 fully saturated rings. The van der Waals surface area contributed by atoms with Gasteiger partial charge in [0.2, 0.25) is 5.91 Å². The molecule has 1 aliphatic rings. The number of hydrogen-bond donors (Lipinski definition) is 1. The van der Waals surface area contributed by atoms with Crippen LogP contribution >= 0.6 is 0 Å². The normalized spacial score (nSPS) is 17.2. The lowest BCUT2D eigenvalue weighted by atomic mass is 9.96. The van der Waals surface area contributed by atoms with Crippen molar-refractivity contribution in [2.45, 2.75) is 25.7 Å². The molecule has 1 aromatic heterocycles. The largest absolute Gasteiger partial charge is 0.326 e. The second kappa shape index (κ2) is 9.43. The summed E-state index contributed by atoms with van der Waals surface area (Å²) in [4.78, 5) is 15.0. The zero-order chi connectivity index (χ0) is 19.9. The third kappa shape index (κ3) is 5.06. The topological polar surface area (TPSA) is 75.9 Å². The lowest BCUT2D eigenvalue weighted by molar-refractivity contribution is -0.121. The summed E-state index contributed by atoms with van der Waals surface area (Å²) in [5, 5.41) is 15.2. The molecule has 0 aliphatic carbocycles. The van der Waals surface area contributed by atoms with E-state index in [1.54, 1.807) is 4.68 Å². The first-order valence-corrected chi connectivity index (χ1v) is 10.2. The number of hydrogen-bond acceptors (Lipinski definition) is 5. The Labute approximate surface area is 170 Å². The van der Waals surface area contributed by atoms with Crippen LogP contribution in [0.4, 0.5) is 5.69 Å². The molecule has 150 valence electrons. The summed E-state index contributed by atoms with van der Waals surface area (Å²) in [6.45, 7) is 2.79. The molecule has 2 aromatic carbocycles. The number of anilines is 1. The van der Waals surface area contributed by atoms with Crippen LogP contribution in [0.25, 0.3) is 5.69 Å². The van der Waals surface area contributed by atoms with Crippen LogP contribution in [0, 0.1) is 5.92 Å². The van der Waals surface area contributed by atoms with Crippen molar-refractivity contribution in [2.75, 3.05) is 25.0 Å². The van der Waals surface area contributed by atoms with Gasteiger partial charge < -0.3 is 10.2 Å². The van der Waals surface area contributed by atoms with Gasteiger partial charge in [0, 0.05) is 18.7 Å². The van der Waals surface area contributed by atoms with Gasteiger partial charge in [0.05, 0.1) is 11.6 Å². The van der Waals surface area contributed by atoms with Crippen molar-refractivity contribution in [1.82, 2.24) is 25.1 Å². The SMILES string of the molecule is O=C(Nc1ccccc1)C1CCCN(CCCc2nnnn2-c2ccccc2)C1. The van der Waals surface area contributed by atoms with Crippen molar-refractivity contribution in [1.29, 1.82) is 0 Å². The van der Waals surface area contributed by atoms with Gasteiger partial charge in [-0.25, -0.2) is 0 Å². The molecule has 1 aliphatic heterocycles. The number of aromatic nitrogens is 4. The standard InChI is InChI=1S/C22H26N6O/c29-22(23-19-10-3-1-4-11-19)18-9-7-15-27(17-18)16-8-14-21-24-25-26-28(21)20-12-5-2-6-13-20/h1-6,10-13,18H,7-9,14-17H2,(H,23,29). The van der Waals surface area contributed by atoms with Gasteiger partial charge in [-0.05, 0) is 67.0 Å². The maximum absolute atomic E-state index is 12.6. The fourth-order valence-electron chi connectivity index (χ4n) is 3.83. The van der Waals surface area contributed by atoms with E-state index in [1.807, 2.05) is 60.7 Å². The molecule has 0 radical (unpaired) electrons. The predicted octanol–water partition coefficient (Wildman–Crippen LogP) is 2.95. The van der Waals surface area contributed by atoms with Gasteiger partial charge in [-0.15, -0.1) is 5.10 Å². The van der Waals surface area contributed by atoms with E-state index < -0.39 is 0 Å². The number of tetrazole rings is 1. The van der Waals surface area contributed by atoms with E-state index >= 15 is 0 Å². The van der Waals surface area contributed by atoms with E-state index in [0.29, 0.717) is 0 Å². The first-order chi connectivity index (χ1) is 14.3. The molecule has 3 aromatic rings. The molecule has 4 rings (SSSR count). The first kappa shape index (κ1) is 19.3. The van der Waals surface area contributed by atoms with Gasteiger partial charge >= 0.3 is 0 Å². The molecule has 1 N–H and O–H groups in total. The van der Waals surface area contributed by atoms with Crippen molar-refractivity contribution >= 4 is 11.6 Å². The molecule has 1 amide bonds. The summed E-state index contributed by atoms with van der Waals surface area (Å²) in [7, 11) is 0. The second-order valence-corrected chi connectivity index (χ2v) is 7.44. The molecule has 0 saturated carbocycles. The quantitative estimate of drug-likeness (QED) is 0.671. The van der Waals surface area contributed by atoms with E-state index in [2.05, 4.69) is 25.7 Å². The predicted molar refractivity (Wildman–Crippen MR) is 112 cm³/mol. The number of rotatable bonds is 7. The third-order valence-corrected chi connectivity index (χ3v) is 5.33. The van der Waals surface area contributed by atoms with Gasteiger partial charge in [0.1, 0.15) is 0 Å². The first-order valence-electron chi connectivity index (χ1n) is 10.2. The molecular weight excluding hydrogens is 364 g/mol. The van der Waals surface area contributed by atoms with Crippen molar-refractivity contribution in [2.24, 2.45) is 5.92 Å². The van der Waals surface area contributed by atoms with Crippen molar-refractivity contribution in [3.63, 3.8) is 0 Å². The van der Waals surface area contributed by atoms with Crippen LogP contribution in [0.15, 0.2) is 60.7 Å². The number of carbonyl (C=O) groups excluding carboxylic acids is 1. The van der Waals surface area contributed by atoms with E-state index in [-0.39, 0.29) is 11.8 Å². The van der Waals surface area contributed by atoms with Crippen molar-refractivity contribution in [3.05, 3.63) is 66.5 Å². The lowest BCUT2D eigenvalue weighted by Gasteiger charge is -2.31.